The highest BCUT2D eigenvalue weighted by molar-refractivity contribution is 5.98. The second-order valence-corrected chi connectivity index (χ2v) is 6.03. The molecule has 1 atom stereocenters. The molecule has 0 fully saturated rings. The summed E-state index contributed by atoms with van der Waals surface area (Å²) in [4.78, 5) is 24.1. The van der Waals surface area contributed by atoms with Crippen LogP contribution in [0, 0.1) is 11.6 Å². The number of carbonyl (C=O) groups excluding carboxylic acids is 1. The van der Waals surface area contributed by atoms with Crippen molar-refractivity contribution in [3.63, 3.8) is 0 Å². The molecule has 0 radical (unpaired) electrons. The van der Waals surface area contributed by atoms with Gasteiger partial charge >= 0.3 is 0 Å². The van der Waals surface area contributed by atoms with Crippen LogP contribution in [0.2, 0.25) is 0 Å². The summed E-state index contributed by atoms with van der Waals surface area (Å²) < 4.78 is 27.0. The number of hydrogen-bond acceptors (Lipinski definition) is 5. The minimum absolute atomic E-state index is 0.182. The van der Waals surface area contributed by atoms with Crippen molar-refractivity contribution >= 4 is 11.6 Å². The summed E-state index contributed by atoms with van der Waals surface area (Å²) in [7, 11) is 0. The lowest BCUT2D eigenvalue weighted by Gasteiger charge is -2.18. The van der Waals surface area contributed by atoms with E-state index in [0.717, 1.165) is 6.07 Å². The number of amides is 1. The smallest absolute Gasteiger partial charge is 0.252 e. The predicted molar refractivity (Wildman–Crippen MR) is 96.0 cm³/mol. The Labute approximate surface area is 154 Å². The van der Waals surface area contributed by atoms with Crippen molar-refractivity contribution < 1.29 is 13.6 Å². The summed E-state index contributed by atoms with van der Waals surface area (Å²) >= 11 is 0. The molecule has 138 valence electrons. The van der Waals surface area contributed by atoms with Gasteiger partial charge in [0.2, 0.25) is 0 Å². The normalized spacial score (nSPS) is 11.8. The third-order valence-electron chi connectivity index (χ3n) is 3.96. The van der Waals surface area contributed by atoms with Crippen LogP contribution in [0.25, 0.3) is 0 Å². The van der Waals surface area contributed by atoms with Gasteiger partial charge in [0.25, 0.3) is 5.91 Å². The van der Waals surface area contributed by atoms with Gasteiger partial charge in [-0.2, -0.15) is 0 Å². The van der Waals surface area contributed by atoms with Crippen LogP contribution in [0.15, 0.2) is 49.1 Å². The van der Waals surface area contributed by atoms with E-state index in [1.807, 2.05) is 0 Å². The molecule has 0 saturated carbocycles. The highest BCUT2D eigenvalue weighted by Gasteiger charge is 2.15. The molecule has 0 aliphatic carbocycles. The molecular formula is C19H17F2N5O. The molecule has 0 saturated heterocycles. The highest BCUT2D eigenvalue weighted by Crippen LogP contribution is 2.24. The Bertz CT molecular complexity index is 945. The maximum absolute atomic E-state index is 13.5. The number of nitrogens with zero attached hydrogens (tertiary/aromatic N) is 3. The molecule has 0 aliphatic rings. The van der Waals surface area contributed by atoms with Gasteiger partial charge in [0.15, 0.2) is 0 Å². The summed E-state index contributed by atoms with van der Waals surface area (Å²) in [6.07, 6.45) is 6.54. The van der Waals surface area contributed by atoms with Crippen LogP contribution in [0.1, 0.15) is 40.3 Å². The van der Waals surface area contributed by atoms with Gasteiger partial charge in [-0.3, -0.25) is 19.7 Å². The largest absolute Gasteiger partial charge is 0.378 e. The number of carbonyl (C=O) groups is 1. The Hall–Kier alpha value is -3.42. The summed E-state index contributed by atoms with van der Waals surface area (Å²) in [6, 6.07) is 4.45. The zero-order chi connectivity index (χ0) is 19.4. The fraction of sp³-hybridized carbons (Fsp3) is 0.158. The van der Waals surface area contributed by atoms with Gasteiger partial charge in [0.1, 0.15) is 11.6 Å². The van der Waals surface area contributed by atoms with Crippen LogP contribution >= 0.6 is 0 Å². The molecule has 2 aromatic heterocycles. The second-order valence-electron chi connectivity index (χ2n) is 6.03. The molecule has 0 aliphatic heterocycles. The fourth-order valence-electron chi connectivity index (χ4n) is 2.66. The van der Waals surface area contributed by atoms with Crippen LogP contribution in [0.4, 0.5) is 14.5 Å². The second kappa shape index (κ2) is 7.86. The first-order valence-electron chi connectivity index (χ1n) is 8.18. The third kappa shape index (κ3) is 4.60. The number of anilines is 1. The molecule has 3 aromatic rings. The zero-order valence-electron chi connectivity index (χ0n) is 14.5. The Morgan fingerprint density at radius 2 is 1.81 bits per heavy atom. The van der Waals surface area contributed by atoms with Gasteiger partial charge in [0, 0.05) is 49.0 Å². The van der Waals surface area contributed by atoms with Crippen molar-refractivity contribution in [2.24, 2.45) is 5.73 Å². The van der Waals surface area contributed by atoms with Crippen molar-refractivity contribution in [3.8, 4) is 0 Å². The van der Waals surface area contributed by atoms with Gasteiger partial charge in [-0.25, -0.2) is 8.78 Å². The van der Waals surface area contributed by atoms with Crippen molar-refractivity contribution in [2.75, 3.05) is 5.32 Å². The number of nitrogens with two attached hydrogens (primary N) is 1. The Balaban J connectivity index is 1.89. The number of pyridine rings is 1. The number of primary amides is 1. The van der Waals surface area contributed by atoms with Gasteiger partial charge < -0.3 is 11.1 Å². The zero-order valence-corrected chi connectivity index (χ0v) is 14.5. The van der Waals surface area contributed by atoms with Crippen LogP contribution in [0.3, 0.4) is 0 Å². The van der Waals surface area contributed by atoms with Gasteiger partial charge in [0.05, 0.1) is 16.9 Å². The van der Waals surface area contributed by atoms with Crippen LogP contribution < -0.4 is 11.1 Å². The molecular weight excluding hydrogens is 352 g/mol. The molecule has 3 rings (SSSR count). The van der Waals surface area contributed by atoms with E-state index in [0.29, 0.717) is 29.1 Å². The number of benzene rings is 1. The Kier molecular flexibility index (Phi) is 5.35. The number of rotatable bonds is 6. The van der Waals surface area contributed by atoms with Crippen LogP contribution in [-0.4, -0.2) is 20.9 Å². The van der Waals surface area contributed by atoms with Crippen molar-refractivity contribution in [1.29, 1.82) is 0 Å². The number of halogens is 2. The monoisotopic (exact) mass is 369 g/mol. The molecule has 1 aromatic carbocycles. The lowest BCUT2D eigenvalue weighted by molar-refractivity contribution is 0.100. The van der Waals surface area contributed by atoms with Crippen LogP contribution in [-0.2, 0) is 6.42 Å². The molecule has 0 bridgehead atoms. The van der Waals surface area contributed by atoms with Crippen molar-refractivity contribution in [1.82, 2.24) is 15.0 Å². The maximum atomic E-state index is 13.5. The molecule has 2 heterocycles. The minimum atomic E-state index is -0.674. The molecule has 1 unspecified atom stereocenters. The van der Waals surface area contributed by atoms with E-state index >= 15 is 0 Å². The lowest BCUT2D eigenvalue weighted by atomic mass is 10.1. The van der Waals surface area contributed by atoms with Gasteiger partial charge in [-0.15, -0.1) is 0 Å². The molecule has 1 amide bonds. The van der Waals surface area contributed by atoms with E-state index in [-0.39, 0.29) is 5.56 Å². The quantitative estimate of drug-likeness (QED) is 0.697. The van der Waals surface area contributed by atoms with Crippen molar-refractivity contribution in [2.45, 2.75) is 19.4 Å². The minimum Gasteiger partial charge on any atom is -0.378 e. The predicted octanol–water partition coefficient (Wildman–Crippen LogP) is 3.01. The fourth-order valence-corrected chi connectivity index (χ4v) is 2.66. The lowest BCUT2D eigenvalue weighted by Crippen LogP contribution is -2.17. The molecule has 0 spiro atoms. The summed E-state index contributed by atoms with van der Waals surface area (Å²) in [5.41, 5.74) is 7.77. The Morgan fingerprint density at radius 1 is 1.07 bits per heavy atom. The number of aromatic nitrogens is 3. The van der Waals surface area contributed by atoms with E-state index in [9.17, 15) is 13.6 Å². The van der Waals surface area contributed by atoms with E-state index in [2.05, 4.69) is 20.3 Å². The maximum Gasteiger partial charge on any atom is 0.252 e. The topological polar surface area (TPSA) is 93.8 Å². The first-order valence-corrected chi connectivity index (χ1v) is 8.18. The summed E-state index contributed by atoms with van der Waals surface area (Å²) in [5.74, 6) is -2.01. The average Bonchev–Trinajstić information content (AvgIpc) is 2.61. The summed E-state index contributed by atoms with van der Waals surface area (Å²) in [5, 5.41) is 3.08. The first kappa shape index (κ1) is 18.4. The standard InChI is InChI=1S/C19H17F2N5O/c1-11(12-4-13(20)6-14(21)5-12)26-18-8-15(25-10-17(18)19(22)27)7-16-9-23-2-3-24-16/h2-6,8-11H,7H2,1H3,(H2,22,27)(H,25,26). The SMILES string of the molecule is CC(Nc1cc(Cc2cnccn2)ncc1C(N)=O)c1cc(F)cc(F)c1. The van der Waals surface area contributed by atoms with E-state index in [1.54, 1.807) is 31.6 Å². The molecule has 8 heteroatoms. The molecule has 27 heavy (non-hydrogen) atoms. The van der Waals surface area contributed by atoms with Crippen molar-refractivity contribution in [3.05, 3.63) is 83.2 Å². The van der Waals surface area contributed by atoms with E-state index < -0.39 is 23.6 Å². The van der Waals surface area contributed by atoms with Gasteiger partial charge in [-0.1, -0.05) is 0 Å². The Morgan fingerprint density at radius 3 is 2.44 bits per heavy atom. The summed E-state index contributed by atoms with van der Waals surface area (Å²) in [6.45, 7) is 1.72. The molecule has 6 nitrogen and oxygen atoms in total. The average molecular weight is 369 g/mol. The number of nitrogens with one attached hydrogen (secondary N) is 1. The number of hydrogen-bond donors (Lipinski definition) is 2. The van der Waals surface area contributed by atoms with Gasteiger partial charge in [-0.05, 0) is 30.7 Å². The van der Waals surface area contributed by atoms with E-state index in [1.165, 1.54) is 18.3 Å². The first-order chi connectivity index (χ1) is 12.9. The van der Waals surface area contributed by atoms with E-state index in [4.69, 9.17) is 5.73 Å². The third-order valence-corrected chi connectivity index (χ3v) is 3.96. The highest BCUT2D eigenvalue weighted by atomic mass is 19.1. The molecule has 3 N–H and O–H groups in total. The van der Waals surface area contributed by atoms with Crippen LogP contribution in [0.5, 0.6) is 0 Å².